The zero-order valence-corrected chi connectivity index (χ0v) is 11.1. The highest BCUT2D eigenvalue weighted by Crippen LogP contribution is 2.07. The molecule has 0 aliphatic carbocycles. The number of nitrogens with zero attached hydrogens (tertiary/aromatic N) is 1. The van der Waals surface area contributed by atoms with E-state index in [4.69, 9.17) is 0 Å². The number of aryl methyl sites for hydroxylation is 2. The molecule has 0 aliphatic rings. The molecule has 0 heterocycles. The van der Waals surface area contributed by atoms with Crippen LogP contribution in [0.5, 0.6) is 0 Å². The van der Waals surface area contributed by atoms with Crippen molar-refractivity contribution >= 4 is 12.1 Å². The second kappa shape index (κ2) is 5.96. The summed E-state index contributed by atoms with van der Waals surface area (Å²) in [5.41, 5.74) is 6.53. The zero-order chi connectivity index (χ0) is 13.7. The molecule has 0 aromatic heterocycles. The molecule has 0 aliphatic heterocycles. The van der Waals surface area contributed by atoms with Crippen molar-refractivity contribution in [2.45, 2.75) is 13.8 Å². The highest BCUT2D eigenvalue weighted by atomic mass is 16.2. The summed E-state index contributed by atoms with van der Waals surface area (Å²) in [5, 5.41) is 3.96. The molecule has 2 aromatic rings. The minimum atomic E-state index is -0.208. The van der Waals surface area contributed by atoms with Crippen LogP contribution in [0, 0.1) is 13.8 Å². The molecule has 0 spiro atoms. The maximum atomic E-state index is 11.7. The molecule has 0 unspecified atom stereocenters. The lowest BCUT2D eigenvalue weighted by atomic mass is 10.1. The third-order valence-electron chi connectivity index (χ3n) is 2.95. The van der Waals surface area contributed by atoms with Crippen LogP contribution >= 0.6 is 0 Å². The number of hydrazone groups is 1. The normalized spacial score (nSPS) is 10.6. The first-order valence-corrected chi connectivity index (χ1v) is 6.12. The van der Waals surface area contributed by atoms with Crippen molar-refractivity contribution in [2.75, 3.05) is 0 Å². The molecule has 0 saturated heterocycles. The van der Waals surface area contributed by atoms with Gasteiger partial charge in [-0.2, -0.15) is 5.10 Å². The Morgan fingerprint density at radius 3 is 2.47 bits per heavy atom. The predicted molar refractivity (Wildman–Crippen MR) is 77.4 cm³/mol. The van der Waals surface area contributed by atoms with Gasteiger partial charge >= 0.3 is 0 Å². The minimum Gasteiger partial charge on any atom is -0.267 e. The average molecular weight is 252 g/mol. The van der Waals surface area contributed by atoms with Gasteiger partial charge in [0.05, 0.1) is 6.21 Å². The highest BCUT2D eigenvalue weighted by molar-refractivity contribution is 5.94. The number of amides is 1. The summed E-state index contributed by atoms with van der Waals surface area (Å²) in [6.07, 6.45) is 1.65. The van der Waals surface area contributed by atoms with E-state index in [-0.39, 0.29) is 5.91 Å². The van der Waals surface area contributed by atoms with Crippen molar-refractivity contribution in [2.24, 2.45) is 5.10 Å². The monoisotopic (exact) mass is 252 g/mol. The van der Waals surface area contributed by atoms with Gasteiger partial charge in [0, 0.05) is 5.56 Å². The molecule has 96 valence electrons. The predicted octanol–water partition coefficient (Wildman–Crippen LogP) is 3.07. The van der Waals surface area contributed by atoms with E-state index < -0.39 is 0 Å². The van der Waals surface area contributed by atoms with E-state index in [1.165, 1.54) is 11.1 Å². The van der Waals surface area contributed by atoms with Gasteiger partial charge in [-0.05, 0) is 42.7 Å². The fourth-order valence-electron chi connectivity index (χ4n) is 1.66. The lowest BCUT2D eigenvalue weighted by Crippen LogP contribution is -2.17. The Kier molecular flexibility index (Phi) is 4.08. The molecule has 2 rings (SSSR count). The lowest BCUT2D eigenvalue weighted by Gasteiger charge is -2.01. The lowest BCUT2D eigenvalue weighted by molar-refractivity contribution is 0.0955. The van der Waals surface area contributed by atoms with Crippen molar-refractivity contribution in [3.8, 4) is 0 Å². The molecular formula is C16H16N2O. The van der Waals surface area contributed by atoms with Gasteiger partial charge < -0.3 is 0 Å². The van der Waals surface area contributed by atoms with E-state index >= 15 is 0 Å². The Labute approximate surface area is 113 Å². The van der Waals surface area contributed by atoms with E-state index in [0.717, 1.165) is 5.56 Å². The summed E-state index contributed by atoms with van der Waals surface area (Å²) in [6.45, 7) is 4.11. The number of benzene rings is 2. The fourth-order valence-corrected chi connectivity index (χ4v) is 1.66. The highest BCUT2D eigenvalue weighted by Gasteiger charge is 2.01. The summed E-state index contributed by atoms with van der Waals surface area (Å²) < 4.78 is 0. The van der Waals surface area contributed by atoms with E-state index in [2.05, 4.69) is 24.4 Å². The third kappa shape index (κ3) is 3.52. The Hall–Kier alpha value is -2.42. The smallest absolute Gasteiger partial charge is 0.267 e. The van der Waals surface area contributed by atoms with Crippen LogP contribution in [0.15, 0.2) is 53.6 Å². The number of carbonyl (C=O) groups excluding carboxylic acids is 1. The molecule has 0 bridgehead atoms. The SMILES string of the molecule is Cc1ccc(/C=N\NC(=O)c2ccccc2)cc1C. The van der Waals surface area contributed by atoms with E-state index in [9.17, 15) is 4.79 Å². The average Bonchev–Trinajstić information content (AvgIpc) is 2.43. The molecule has 0 atom stereocenters. The maximum absolute atomic E-state index is 11.7. The van der Waals surface area contributed by atoms with Crippen LogP contribution in [0.3, 0.4) is 0 Å². The van der Waals surface area contributed by atoms with Crippen LogP contribution in [-0.2, 0) is 0 Å². The maximum Gasteiger partial charge on any atom is 0.271 e. The van der Waals surface area contributed by atoms with Gasteiger partial charge in [-0.15, -0.1) is 0 Å². The van der Waals surface area contributed by atoms with Crippen LogP contribution < -0.4 is 5.43 Å². The molecular weight excluding hydrogens is 236 g/mol. The molecule has 3 heteroatoms. The molecule has 1 amide bonds. The number of hydrogen-bond acceptors (Lipinski definition) is 2. The van der Waals surface area contributed by atoms with Crippen LogP contribution in [0.25, 0.3) is 0 Å². The molecule has 0 fully saturated rings. The van der Waals surface area contributed by atoms with Gasteiger partial charge in [-0.1, -0.05) is 36.4 Å². The van der Waals surface area contributed by atoms with Crippen LogP contribution in [0.4, 0.5) is 0 Å². The Morgan fingerprint density at radius 1 is 1.05 bits per heavy atom. The van der Waals surface area contributed by atoms with Crippen LogP contribution in [0.2, 0.25) is 0 Å². The fraction of sp³-hybridized carbons (Fsp3) is 0.125. The van der Waals surface area contributed by atoms with Crippen molar-refractivity contribution in [1.29, 1.82) is 0 Å². The number of carbonyl (C=O) groups is 1. The molecule has 19 heavy (non-hydrogen) atoms. The first-order chi connectivity index (χ1) is 9.16. The number of hydrogen-bond donors (Lipinski definition) is 1. The molecule has 1 N–H and O–H groups in total. The Balaban J connectivity index is 2.00. The van der Waals surface area contributed by atoms with Crippen molar-refractivity contribution < 1.29 is 4.79 Å². The van der Waals surface area contributed by atoms with E-state index in [1.807, 2.05) is 36.4 Å². The quantitative estimate of drug-likeness (QED) is 0.662. The molecule has 3 nitrogen and oxygen atoms in total. The number of rotatable bonds is 3. The summed E-state index contributed by atoms with van der Waals surface area (Å²) in [4.78, 5) is 11.7. The summed E-state index contributed by atoms with van der Waals surface area (Å²) in [5.74, 6) is -0.208. The van der Waals surface area contributed by atoms with Gasteiger partial charge in [0.25, 0.3) is 5.91 Å². The molecule has 2 aromatic carbocycles. The molecule has 0 radical (unpaired) electrons. The van der Waals surface area contributed by atoms with Crippen LogP contribution in [0.1, 0.15) is 27.0 Å². The first-order valence-electron chi connectivity index (χ1n) is 6.12. The summed E-state index contributed by atoms with van der Waals surface area (Å²) in [7, 11) is 0. The molecule has 0 saturated carbocycles. The zero-order valence-electron chi connectivity index (χ0n) is 11.1. The second-order valence-electron chi connectivity index (χ2n) is 4.41. The van der Waals surface area contributed by atoms with Gasteiger partial charge in [0.2, 0.25) is 0 Å². The standard InChI is InChI=1S/C16H16N2O/c1-12-8-9-14(10-13(12)2)11-17-18-16(19)15-6-4-3-5-7-15/h3-11H,1-2H3,(H,18,19)/b17-11-. The van der Waals surface area contributed by atoms with E-state index in [1.54, 1.807) is 18.3 Å². The summed E-state index contributed by atoms with van der Waals surface area (Å²) >= 11 is 0. The van der Waals surface area contributed by atoms with Crippen molar-refractivity contribution in [3.63, 3.8) is 0 Å². The van der Waals surface area contributed by atoms with Crippen molar-refractivity contribution in [1.82, 2.24) is 5.43 Å². The minimum absolute atomic E-state index is 0.208. The van der Waals surface area contributed by atoms with E-state index in [0.29, 0.717) is 5.56 Å². The third-order valence-corrected chi connectivity index (χ3v) is 2.95. The first kappa shape index (κ1) is 13.0. The Bertz CT molecular complexity index is 603. The Morgan fingerprint density at radius 2 is 1.79 bits per heavy atom. The van der Waals surface area contributed by atoms with Crippen molar-refractivity contribution in [3.05, 3.63) is 70.8 Å². The summed E-state index contributed by atoms with van der Waals surface area (Å²) in [6, 6.07) is 15.1. The van der Waals surface area contributed by atoms with Gasteiger partial charge in [0.15, 0.2) is 0 Å². The second-order valence-corrected chi connectivity index (χ2v) is 4.41. The van der Waals surface area contributed by atoms with Crippen LogP contribution in [-0.4, -0.2) is 12.1 Å². The number of nitrogens with one attached hydrogen (secondary N) is 1. The van der Waals surface area contributed by atoms with Gasteiger partial charge in [-0.25, -0.2) is 5.43 Å². The topological polar surface area (TPSA) is 41.5 Å². The van der Waals surface area contributed by atoms with Gasteiger partial charge in [-0.3, -0.25) is 4.79 Å². The largest absolute Gasteiger partial charge is 0.271 e. The van der Waals surface area contributed by atoms with Gasteiger partial charge in [0.1, 0.15) is 0 Å².